The molecule has 0 saturated carbocycles. The predicted molar refractivity (Wildman–Crippen MR) is 96.2 cm³/mol. The van der Waals surface area contributed by atoms with E-state index in [0.29, 0.717) is 32.1 Å². The van der Waals surface area contributed by atoms with Crippen LogP contribution in [0.5, 0.6) is 5.75 Å². The second-order valence-electron chi connectivity index (χ2n) is 5.98. The molecule has 3 rings (SSSR count). The van der Waals surface area contributed by atoms with E-state index in [1.165, 1.54) is 4.31 Å². The maximum absolute atomic E-state index is 12.9. The van der Waals surface area contributed by atoms with Crippen LogP contribution < -0.4 is 4.74 Å². The van der Waals surface area contributed by atoms with Crippen LogP contribution in [0.3, 0.4) is 0 Å². The van der Waals surface area contributed by atoms with Gasteiger partial charge in [-0.15, -0.1) is 0 Å². The van der Waals surface area contributed by atoms with Gasteiger partial charge in [0.05, 0.1) is 24.2 Å². The van der Waals surface area contributed by atoms with Crippen LogP contribution in [-0.2, 0) is 14.8 Å². The molecule has 1 atom stereocenters. The van der Waals surface area contributed by atoms with Crippen LogP contribution >= 0.6 is 0 Å². The van der Waals surface area contributed by atoms with E-state index in [1.54, 1.807) is 24.3 Å². The summed E-state index contributed by atoms with van der Waals surface area (Å²) in [6, 6.07) is 14.5. The van der Waals surface area contributed by atoms with Crippen LogP contribution in [0.1, 0.15) is 24.2 Å². The second-order valence-corrected chi connectivity index (χ2v) is 7.92. The zero-order chi connectivity index (χ0) is 17.9. The van der Waals surface area contributed by atoms with E-state index < -0.39 is 10.0 Å². The summed E-state index contributed by atoms with van der Waals surface area (Å²) >= 11 is 0. The van der Waals surface area contributed by atoms with Gasteiger partial charge in [-0.1, -0.05) is 24.3 Å². The van der Waals surface area contributed by atoms with Crippen molar-refractivity contribution in [1.82, 2.24) is 4.31 Å². The molecule has 1 aliphatic rings. The Morgan fingerprint density at radius 3 is 2.56 bits per heavy atom. The fourth-order valence-corrected chi connectivity index (χ4v) is 4.43. The smallest absolute Gasteiger partial charge is 0.243 e. The zero-order valence-electron chi connectivity index (χ0n) is 14.5. The fraction of sp³-hybridized carbons (Fsp3) is 0.368. The van der Waals surface area contributed by atoms with Gasteiger partial charge in [0, 0.05) is 13.1 Å². The van der Waals surface area contributed by atoms with Gasteiger partial charge in [-0.2, -0.15) is 4.31 Å². The van der Waals surface area contributed by atoms with Gasteiger partial charge in [0.25, 0.3) is 0 Å². The monoisotopic (exact) mass is 361 g/mol. The summed E-state index contributed by atoms with van der Waals surface area (Å²) in [4.78, 5) is 0.279. The van der Waals surface area contributed by atoms with Gasteiger partial charge in [0.2, 0.25) is 10.0 Å². The minimum Gasteiger partial charge on any atom is -0.494 e. The van der Waals surface area contributed by atoms with Crippen molar-refractivity contribution < 1.29 is 17.9 Å². The van der Waals surface area contributed by atoms with Crippen molar-refractivity contribution >= 4 is 10.0 Å². The average Bonchev–Trinajstić information content (AvgIpc) is 2.63. The third kappa shape index (κ3) is 3.86. The Morgan fingerprint density at radius 1 is 1.16 bits per heavy atom. The van der Waals surface area contributed by atoms with Gasteiger partial charge in [0.1, 0.15) is 5.75 Å². The summed E-state index contributed by atoms with van der Waals surface area (Å²) in [6.07, 6.45) is -0.243. The highest BCUT2D eigenvalue weighted by atomic mass is 32.2. The Bertz CT molecular complexity index is 818. The first-order valence-electron chi connectivity index (χ1n) is 8.42. The van der Waals surface area contributed by atoms with Gasteiger partial charge in [-0.25, -0.2) is 8.42 Å². The lowest BCUT2D eigenvalue weighted by Crippen LogP contribution is -2.42. The molecule has 1 fully saturated rings. The van der Waals surface area contributed by atoms with Crippen LogP contribution in [0.2, 0.25) is 0 Å². The van der Waals surface area contributed by atoms with E-state index in [1.807, 2.05) is 38.1 Å². The molecule has 1 aliphatic heterocycles. The summed E-state index contributed by atoms with van der Waals surface area (Å²) in [5.41, 5.74) is 2.14. The average molecular weight is 361 g/mol. The normalized spacial score (nSPS) is 18.9. The lowest BCUT2D eigenvalue weighted by atomic mass is 10.0. The molecular weight excluding hydrogens is 338 g/mol. The molecule has 2 aromatic rings. The summed E-state index contributed by atoms with van der Waals surface area (Å²) in [5.74, 6) is 0.668. The molecule has 1 saturated heterocycles. The summed E-state index contributed by atoms with van der Waals surface area (Å²) in [7, 11) is -3.55. The number of nitrogens with zero attached hydrogens (tertiary/aromatic N) is 1. The Kier molecular flexibility index (Phi) is 5.42. The van der Waals surface area contributed by atoms with Gasteiger partial charge in [-0.05, 0) is 49.2 Å². The van der Waals surface area contributed by atoms with E-state index in [9.17, 15) is 8.42 Å². The Balaban J connectivity index is 1.81. The molecule has 0 bridgehead atoms. The van der Waals surface area contributed by atoms with Crippen molar-refractivity contribution in [2.75, 3.05) is 26.3 Å². The largest absolute Gasteiger partial charge is 0.494 e. The molecule has 25 heavy (non-hydrogen) atoms. The van der Waals surface area contributed by atoms with Crippen LogP contribution in [-0.4, -0.2) is 39.0 Å². The molecule has 0 aromatic heterocycles. The van der Waals surface area contributed by atoms with Crippen LogP contribution in [0.15, 0.2) is 53.4 Å². The summed E-state index contributed by atoms with van der Waals surface area (Å²) < 4.78 is 38.6. The summed E-state index contributed by atoms with van der Waals surface area (Å²) in [5, 5.41) is 0. The van der Waals surface area contributed by atoms with E-state index >= 15 is 0 Å². The van der Waals surface area contributed by atoms with Crippen molar-refractivity contribution in [3.05, 3.63) is 59.7 Å². The molecule has 0 spiro atoms. The fourth-order valence-electron chi connectivity index (χ4n) is 3.00. The first-order valence-corrected chi connectivity index (χ1v) is 9.86. The summed E-state index contributed by atoms with van der Waals surface area (Å²) in [6.45, 7) is 5.52. The third-order valence-corrected chi connectivity index (χ3v) is 6.22. The van der Waals surface area contributed by atoms with Gasteiger partial charge in [-0.3, -0.25) is 0 Å². The molecule has 134 valence electrons. The van der Waals surface area contributed by atoms with Crippen LogP contribution in [0, 0.1) is 6.92 Å². The van der Waals surface area contributed by atoms with Gasteiger partial charge in [0.15, 0.2) is 0 Å². The highest BCUT2D eigenvalue weighted by molar-refractivity contribution is 7.89. The Morgan fingerprint density at radius 2 is 1.88 bits per heavy atom. The quantitative estimate of drug-likeness (QED) is 0.821. The Hall–Kier alpha value is -1.89. The van der Waals surface area contributed by atoms with Crippen LogP contribution in [0.25, 0.3) is 0 Å². The SMILES string of the molecule is CCOc1ccc(S(=O)(=O)N2CCOC(c3ccccc3C)C2)cc1. The number of benzene rings is 2. The number of hydrogen-bond acceptors (Lipinski definition) is 4. The number of rotatable bonds is 5. The maximum atomic E-state index is 12.9. The van der Waals surface area contributed by atoms with Crippen molar-refractivity contribution in [3.63, 3.8) is 0 Å². The molecule has 0 N–H and O–H groups in total. The van der Waals surface area contributed by atoms with Crippen molar-refractivity contribution in [3.8, 4) is 5.75 Å². The van der Waals surface area contributed by atoms with E-state index in [-0.39, 0.29) is 11.0 Å². The van der Waals surface area contributed by atoms with Gasteiger partial charge < -0.3 is 9.47 Å². The molecule has 0 radical (unpaired) electrons. The lowest BCUT2D eigenvalue weighted by molar-refractivity contribution is -0.00288. The standard InChI is InChI=1S/C19H23NO4S/c1-3-23-16-8-10-17(11-9-16)25(21,22)20-12-13-24-19(14-20)18-7-5-4-6-15(18)2/h4-11,19H,3,12-14H2,1-2H3. The van der Waals surface area contributed by atoms with Gasteiger partial charge >= 0.3 is 0 Å². The lowest BCUT2D eigenvalue weighted by Gasteiger charge is -2.33. The first kappa shape index (κ1) is 17.9. The second kappa shape index (κ2) is 7.56. The highest BCUT2D eigenvalue weighted by Gasteiger charge is 2.31. The number of aryl methyl sites for hydroxylation is 1. The molecule has 5 nitrogen and oxygen atoms in total. The molecule has 6 heteroatoms. The maximum Gasteiger partial charge on any atom is 0.243 e. The number of hydrogen-bond donors (Lipinski definition) is 0. The van der Waals surface area contributed by atoms with Crippen LogP contribution in [0.4, 0.5) is 0 Å². The molecule has 2 aromatic carbocycles. The molecule has 1 unspecified atom stereocenters. The third-order valence-electron chi connectivity index (χ3n) is 4.34. The van der Waals surface area contributed by atoms with E-state index in [2.05, 4.69) is 0 Å². The number of sulfonamides is 1. The molecule has 0 amide bonds. The molecule has 1 heterocycles. The Labute approximate surface area is 149 Å². The van der Waals surface area contributed by atoms with Crippen molar-refractivity contribution in [2.45, 2.75) is 24.8 Å². The topological polar surface area (TPSA) is 55.8 Å². The number of ether oxygens (including phenoxy) is 2. The van der Waals surface area contributed by atoms with E-state index in [0.717, 1.165) is 11.1 Å². The van der Waals surface area contributed by atoms with Crippen molar-refractivity contribution in [1.29, 1.82) is 0 Å². The predicted octanol–water partition coefficient (Wildman–Crippen LogP) is 3.16. The number of morpholine rings is 1. The minimum absolute atomic E-state index is 0.243. The molecular formula is C19H23NO4S. The highest BCUT2D eigenvalue weighted by Crippen LogP contribution is 2.28. The van der Waals surface area contributed by atoms with E-state index in [4.69, 9.17) is 9.47 Å². The van der Waals surface area contributed by atoms with Crippen molar-refractivity contribution in [2.24, 2.45) is 0 Å². The zero-order valence-corrected chi connectivity index (χ0v) is 15.3. The minimum atomic E-state index is -3.55. The first-order chi connectivity index (χ1) is 12.0. The molecule has 0 aliphatic carbocycles.